The Morgan fingerprint density at radius 2 is 2.31 bits per heavy atom. The van der Waals surface area contributed by atoms with Gasteiger partial charge in [-0.3, -0.25) is 0 Å². The summed E-state index contributed by atoms with van der Waals surface area (Å²) in [5.74, 6) is 0.318. The van der Waals surface area contributed by atoms with Crippen molar-refractivity contribution in [3.05, 3.63) is 22.4 Å². The zero-order valence-corrected chi connectivity index (χ0v) is 8.97. The smallest absolute Gasteiger partial charge is 0.0471 e. The molecule has 13 heavy (non-hydrogen) atoms. The Balaban J connectivity index is 2.26. The van der Waals surface area contributed by atoms with Crippen LogP contribution in [0.5, 0.6) is 0 Å². The summed E-state index contributed by atoms with van der Waals surface area (Å²) in [4.78, 5) is 0. The predicted molar refractivity (Wildman–Crippen MR) is 56.9 cm³/mol. The molecule has 0 aliphatic carbocycles. The highest BCUT2D eigenvalue weighted by molar-refractivity contribution is 7.07. The number of aliphatic hydroxyl groups excluding tert-OH is 1. The molecule has 0 saturated heterocycles. The van der Waals surface area contributed by atoms with E-state index in [4.69, 9.17) is 5.11 Å². The van der Waals surface area contributed by atoms with Gasteiger partial charge in [0, 0.05) is 19.2 Å². The van der Waals surface area contributed by atoms with Crippen LogP contribution in [0.4, 0.5) is 0 Å². The molecule has 0 amide bonds. The topological polar surface area (TPSA) is 32.3 Å². The van der Waals surface area contributed by atoms with E-state index in [0.29, 0.717) is 12.0 Å². The molecule has 3 heteroatoms. The normalized spacial score (nSPS) is 15.6. The maximum atomic E-state index is 8.92. The van der Waals surface area contributed by atoms with Crippen LogP contribution >= 0.6 is 11.3 Å². The maximum absolute atomic E-state index is 8.92. The summed E-state index contributed by atoms with van der Waals surface area (Å²) in [5, 5.41) is 16.5. The van der Waals surface area contributed by atoms with Gasteiger partial charge in [0.25, 0.3) is 0 Å². The monoisotopic (exact) mass is 199 g/mol. The van der Waals surface area contributed by atoms with Gasteiger partial charge in [-0.25, -0.2) is 0 Å². The molecular formula is C10H17NOS. The molecule has 2 atom stereocenters. The lowest BCUT2D eigenvalue weighted by Crippen LogP contribution is -2.33. The fraction of sp³-hybridized carbons (Fsp3) is 0.600. The number of hydrogen-bond acceptors (Lipinski definition) is 3. The minimum Gasteiger partial charge on any atom is -0.396 e. The Bertz CT molecular complexity index is 223. The van der Waals surface area contributed by atoms with Crippen molar-refractivity contribution >= 4 is 11.3 Å². The van der Waals surface area contributed by atoms with Crippen molar-refractivity contribution in [1.82, 2.24) is 5.32 Å². The molecule has 0 aliphatic heterocycles. The van der Waals surface area contributed by atoms with Crippen LogP contribution in [-0.2, 0) is 6.54 Å². The zero-order valence-electron chi connectivity index (χ0n) is 8.16. The minimum absolute atomic E-state index is 0.248. The first-order valence-electron chi connectivity index (χ1n) is 4.59. The Kier molecular flexibility index (Phi) is 4.42. The van der Waals surface area contributed by atoms with Crippen LogP contribution in [0, 0.1) is 5.92 Å². The van der Waals surface area contributed by atoms with Gasteiger partial charge >= 0.3 is 0 Å². The van der Waals surface area contributed by atoms with Gasteiger partial charge in [-0.2, -0.15) is 11.3 Å². The third-order valence-electron chi connectivity index (χ3n) is 2.35. The van der Waals surface area contributed by atoms with Crippen molar-refractivity contribution in [1.29, 1.82) is 0 Å². The molecule has 2 unspecified atom stereocenters. The molecule has 0 aliphatic rings. The van der Waals surface area contributed by atoms with Crippen LogP contribution in [-0.4, -0.2) is 17.8 Å². The van der Waals surface area contributed by atoms with Gasteiger partial charge in [0.15, 0.2) is 0 Å². The summed E-state index contributed by atoms with van der Waals surface area (Å²) < 4.78 is 0. The Morgan fingerprint density at radius 3 is 2.85 bits per heavy atom. The second-order valence-corrected chi connectivity index (χ2v) is 4.24. The standard InChI is InChI=1S/C10H17NOS/c1-8(6-12)9(2)11-5-10-3-4-13-7-10/h3-4,7-9,11-12H,5-6H2,1-2H3. The summed E-state index contributed by atoms with van der Waals surface area (Å²) in [7, 11) is 0. The number of rotatable bonds is 5. The first-order chi connectivity index (χ1) is 6.24. The third-order valence-corrected chi connectivity index (χ3v) is 3.08. The van der Waals surface area contributed by atoms with E-state index in [0.717, 1.165) is 6.54 Å². The van der Waals surface area contributed by atoms with Crippen LogP contribution in [0.3, 0.4) is 0 Å². The van der Waals surface area contributed by atoms with Gasteiger partial charge in [-0.1, -0.05) is 6.92 Å². The quantitative estimate of drug-likeness (QED) is 0.758. The van der Waals surface area contributed by atoms with Crippen LogP contribution < -0.4 is 5.32 Å². The van der Waals surface area contributed by atoms with Crippen molar-refractivity contribution in [3.8, 4) is 0 Å². The first-order valence-corrected chi connectivity index (χ1v) is 5.53. The number of hydrogen-bond donors (Lipinski definition) is 2. The molecule has 0 spiro atoms. The molecule has 1 heterocycles. The third kappa shape index (κ3) is 3.46. The average molecular weight is 199 g/mol. The van der Waals surface area contributed by atoms with Crippen molar-refractivity contribution in [3.63, 3.8) is 0 Å². The largest absolute Gasteiger partial charge is 0.396 e. The van der Waals surface area contributed by atoms with E-state index < -0.39 is 0 Å². The van der Waals surface area contributed by atoms with E-state index in [9.17, 15) is 0 Å². The number of nitrogens with one attached hydrogen (secondary N) is 1. The highest BCUT2D eigenvalue weighted by atomic mass is 32.1. The van der Waals surface area contributed by atoms with Crippen molar-refractivity contribution in [2.24, 2.45) is 5.92 Å². The molecule has 0 radical (unpaired) electrons. The number of thiophene rings is 1. The minimum atomic E-state index is 0.248. The Hall–Kier alpha value is -0.380. The summed E-state index contributed by atoms with van der Waals surface area (Å²) >= 11 is 1.72. The second kappa shape index (κ2) is 5.37. The lowest BCUT2D eigenvalue weighted by molar-refractivity contribution is 0.207. The van der Waals surface area contributed by atoms with E-state index in [1.807, 2.05) is 6.92 Å². The molecule has 1 aromatic heterocycles. The summed E-state index contributed by atoms with van der Waals surface area (Å²) in [6, 6.07) is 2.48. The SMILES string of the molecule is CC(CO)C(C)NCc1ccsc1. The molecule has 0 fully saturated rings. The first kappa shape index (κ1) is 10.7. The lowest BCUT2D eigenvalue weighted by Gasteiger charge is -2.18. The Morgan fingerprint density at radius 1 is 1.54 bits per heavy atom. The van der Waals surface area contributed by atoms with Gasteiger partial charge in [-0.15, -0.1) is 0 Å². The van der Waals surface area contributed by atoms with E-state index in [1.165, 1.54) is 5.56 Å². The second-order valence-electron chi connectivity index (χ2n) is 3.46. The molecule has 1 aromatic rings. The lowest BCUT2D eigenvalue weighted by atomic mass is 10.1. The molecule has 74 valence electrons. The summed E-state index contributed by atoms with van der Waals surface area (Å²) in [6.45, 7) is 5.30. The number of aliphatic hydroxyl groups is 1. The summed E-state index contributed by atoms with van der Waals surface area (Å²) in [6.07, 6.45) is 0. The molecule has 2 nitrogen and oxygen atoms in total. The van der Waals surface area contributed by atoms with Gasteiger partial charge in [0.05, 0.1) is 0 Å². The van der Waals surface area contributed by atoms with Gasteiger partial charge < -0.3 is 10.4 Å². The van der Waals surface area contributed by atoms with Crippen LogP contribution in [0.15, 0.2) is 16.8 Å². The van der Waals surface area contributed by atoms with Crippen molar-refractivity contribution < 1.29 is 5.11 Å². The van der Waals surface area contributed by atoms with E-state index >= 15 is 0 Å². The zero-order chi connectivity index (χ0) is 9.68. The van der Waals surface area contributed by atoms with Crippen LogP contribution in [0.2, 0.25) is 0 Å². The summed E-state index contributed by atoms with van der Waals surface area (Å²) in [5.41, 5.74) is 1.32. The maximum Gasteiger partial charge on any atom is 0.0471 e. The van der Waals surface area contributed by atoms with E-state index in [2.05, 4.69) is 29.1 Å². The van der Waals surface area contributed by atoms with Gasteiger partial charge in [0.1, 0.15) is 0 Å². The van der Waals surface area contributed by atoms with E-state index in [1.54, 1.807) is 11.3 Å². The van der Waals surface area contributed by atoms with E-state index in [-0.39, 0.29) is 6.61 Å². The molecule has 0 aromatic carbocycles. The molecule has 0 saturated carbocycles. The van der Waals surface area contributed by atoms with Crippen LogP contribution in [0.25, 0.3) is 0 Å². The highest BCUT2D eigenvalue weighted by Crippen LogP contribution is 2.07. The average Bonchev–Trinajstić information content (AvgIpc) is 2.65. The molecule has 2 N–H and O–H groups in total. The van der Waals surface area contributed by atoms with Crippen LogP contribution in [0.1, 0.15) is 19.4 Å². The predicted octanol–water partition coefficient (Wildman–Crippen LogP) is 1.85. The fourth-order valence-corrected chi connectivity index (χ4v) is 1.70. The Labute approximate surface area is 83.6 Å². The fourth-order valence-electron chi connectivity index (χ4n) is 1.03. The molecule has 1 rings (SSSR count). The van der Waals surface area contributed by atoms with Gasteiger partial charge in [-0.05, 0) is 35.2 Å². The van der Waals surface area contributed by atoms with Crippen molar-refractivity contribution in [2.45, 2.75) is 26.4 Å². The van der Waals surface area contributed by atoms with Gasteiger partial charge in [0.2, 0.25) is 0 Å². The highest BCUT2D eigenvalue weighted by Gasteiger charge is 2.09. The van der Waals surface area contributed by atoms with Crippen molar-refractivity contribution in [2.75, 3.05) is 6.61 Å². The molecule has 0 bridgehead atoms. The molecular weight excluding hydrogens is 182 g/mol.